The van der Waals surface area contributed by atoms with Gasteiger partial charge >= 0.3 is 0 Å². The van der Waals surface area contributed by atoms with Crippen LogP contribution < -0.4 is 0 Å². The van der Waals surface area contributed by atoms with Gasteiger partial charge in [-0.3, -0.25) is 4.98 Å². The maximum Gasteiger partial charge on any atom is 0.0972 e. The first kappa shape index (κ1) is 22.6. The van der Waals surface area contributed by atoms with Gasteiger partial charge in [-0.2, -0.15) is 0 Å². The van der Waals surface area contributed by atoms with E-state index in [1.807, 2.05) is 12.3 Å². The molecular formula is C38H24N2. The molecule has 40 heavy (non-hydrogen) atoms. The normalized spacial score (nSPS) is 11.5. The number of pyridine rings is 2. The molecule has 8 rings (SSSR count). The molecule has 2 heterocycles. The van der Waals surface area contributed by atoms with Gasteiger partial charge in [0.25, 0.3) is 0 Å². The molecule has 0 bridgehead atoms. The van der Waals surface area contributed by atoms with Crippen molar-refractivity contribution in [1.29, 1.82) is 0 Å². The molecule has 8 aromatic rings. The molecule has 0 N–H and O–H groups in total. The number of nitrogens with zero attached hydrogens (tertiary/aromatic N) is 2. The van der Waals surface area contributed by atoms with E-state index in [-0.39, 0.29) is 0 Å². The zero-order valence-corrected chi connectivity index (χ0v) is 21.8. The number of rotatable bonds is 3. The second kappa shape index (κ2) is 9.14. The van der Waals surface area contributed by atoms with Crippen LogP contribution in [0.15, 0.2) is 146 Å². The molecule has 0 atom stereocenters. The first-order chi connectivity index (χ1) is 19.8. The zero-order valence-electron chi connectivity index (χ0n) is 21.8. The molecule has 6 aromatic carbocycles. The van der Waals surface area contributed by atoms with Gasteiger partial charge in [0.15, 0.2) is 0 Å². The molecule has 0 spiro atoms. The van der Waals surface area contributed by atoms with E-state index in [2.05, 4.69) is 138 Å². The van der Waals surface area contributed by atoms with Crippen molar-refractivity contribution < 1.29 is 0 Å². The lowest BCUT2D eigenvalue weighted by Gasteiger charge is -2.12. The van der Waals surface area contributed by atoms with Gasteiger partial charge in [-0.25, -0.2) is 4.98 Å². The summed E-state index contributed by atoms with van der Waals surface area (Å²) in [6.45, 7) is 0. The Labute approximate surface area is 232 Å². The molecule has 0 amide bonds. The standard InChI is InChI=1S/C38H24N2/c1-2-8-32-31(6-1)24-35(34-10-4-3-9-33(32)34)27-15-11-25(12-16-27)26-13-17-28(18-14-26)36-22-21-30-20-19-29-7-5-23-39-37(29)38(30)40-36/h1-24H. The average Bonchev–Trinajstić information content (AvgIpc) is 3.04. The smallest absolute Gasteiger partial charge is 0.0972 e. The lowest BCUT2D eigenvalue weighted by molar-refractivity contribution is 1.37. The maximum atomic E-state index is 5.01. The van der Waals surface area contributed by atoms with Crippen LogP contribution in [0.5, 0.6) is 0 Å². The molecule has 0 radical (unpaired) electrons. The van der Waals surface area contributed by atoms with Gasteiger partial charge in [-0.05, 0) is 62.0 Å². The highest BCUT2D eigenvalue weighted by molar-refractivity contribution is 6.13. The molecule has 0 aliphatic heterocycles. The van der Waals surface area contributed by atoms with Crippen LogP contribution in [0, 0.1) is 0 Å². The summed E-state index contributed by atoms with van der Waals surface area (Å²) in [5.41, 5.74) is 8.81. The Morgan fingerprint density at radius 2 is 0.950 bits per heavy atom. The summed E-state index contributed by atoms with van der Waals surface area (Å²) in [5.74, 6) is 0. The maximum absolute atomic E-state index is 5.01. The van der Waals surface area contributed by atoms with E-state index in [0.717, 1.165) is 33.1 Å². The average molecular weight is 509 g/mol. The molecule has 0 unspecified atom stereocenters. The first-order valence-corrected chi connectivity index (χ1v) is 13.6. The van der Waals surface area contributed by atoms with E-state index in [1.54, 1.807) is 0 Å². The number of hydrogen-bond donors (Lipinski definition) is 0. The second-order valence-corrected chi connectivity index (χ2v) is 10.3. The van der Waals surface area contributed by atoms with Crippen LogP contribution in [0.3, 0.4) is 0 Å². The van der Waals surface area contributed by atoms with Crippen LogP contribution in [0.25, 0.3) is 76.9 Å². The topological polar surface area (TPSA) is 25.8 Å². The van der Waals surface area contributed by atoms with E-state index in [0.29, 0.717) is 0 Å². The highest BCUT2D eigenvalue weighted by atomic mass is 14.7. The van der Waals surface area contributed by atoms with Crippen molar-refractivity contribution in [2.75, 3.05) is 0 Å². The van der Waals surface area contributed by atoms with E-state index in [9.17, 15) is 0 Å². The van der Waals surface area contributed by atoms with Gasteiger partial charge in [0.05, 0.1) is 16.7 Å². The minimum absolute atomic E-state index is 0.941. The van der Waals surface area contributed by atoms with Crippen LogP contribution in [0.2, 0.25) is 0 Å². The van der Waals surface area contributed by atoms with Gasteiger partial charge in [0.1, 0.15) is 0 Å². The monoisotopic (exact) mass is 508 g/mol. The molecule has 0 aliphatic carbocycles. The first-order valence-electron chi connectivity index (χ1n) is 13.6. The predicted molar refractivity (Wildman–Crippen MR) is 168 cm³/mol. The van der Waals surface area contributed by atoms with Crippen LogP contribution >= 0.6 is 0 Å². The summed E-state index contributed by atoms with van der Waals surface area (Å²) >= 11 is 0. The molecule has 2 heteroatoms. The summed E-state index contributed by atoms with van der Waals surface area (Å²) in [5, 5.41) is 7.34. The molecule has 0 saturated carbocycles. The lowest BCUT2D eigenvalue weighted by Crippen LogP contribution is -1.89. The van der Waals surface area contributed by atoms with Crippen molar-refractivity contribution in [2.24, 2.45) is 0 Å². The minimum Gasteiger partial charge on any atom is -0.254 e. The van der Waals surface area contributed by atoms with Gasteiger partial charge in [0, 0.05) is 22.5 Å². The molecule has 2 nitrogen and oxygen atoms in total. The van der Waals surface area contributed by atoms with Gasteiger partial charge in [-0.15, -0.1) is 0 Å². The Kier molecular flexibility index (Phi) is 5.17. The van der Waals surface area contributed by atoms with Crippen LogP contribution in [0.1, 0.15) is 0 Å². The molecule has 0 aliphatic rings. The zero-order chi connectivity index (χ0) is 26.5. The van der Waals surface area contributed by atoms with Crippen molar-refractivity contribution in [3.8, 4) is 33.5 Å². The Bertz CT molecular complexity index is 2190. The quantitative estimate of drug-likeness (QED) is 0.222. The SMILES string of the molecule is c1ccc2c(c1)cc(-c1ccc(-c3ccc(-c4ccc5ccc6cccnc6c5n4)cc3)cc1)c1ccccc12. The minimum atomic E-state index is 0.941. The molecule has 0 saturated heterocycles. The van der Waals surface area contributed by atoms with Crippen LogP contribution in [0.4, 0.5) is 0 Å². The Morgan fingerprint density at radius 1 is 0.375 bits per heavy atom. The fraction of sp³-hybridized carbons (Fsp3) is 0. The Balaban J connectivity index is 1.14. The number of hydrogen-bond acceptors (Lipinski definition) is 2. The Morgan fingerprint density at radius 3 is 1.73 bits per heavy atom. The summed E-state index contributed by atoms with van der Waals surface area (Å²) < 4.78 is 0. The highest BCUT2D eigenvalue weighted by Crippen LogP contribution is 2.36. The van der Waals surface area contributed by atoms with Crippen molar-refractivity contribution >= 4 is 43.4 Å². The Hall–Kier alpha value is -5.34. The number of benzene rings is 6. The van der Waals surface area contributed by atoms with Gasteiger partial charge < -0.3 is 0 Å². The van der Waals surface area contributed by atoms with Crippen molar-refractivity contribution in [3.05, 3.63) is 146 Å². The van der Waals surface area contributed by atoms with Crippen LogP contribution in [-0.2, 0) is 0 Å². The summed E-state index contributed by atoms with van der Waals surface area (Å²) in [7, 11) is 0. The fourth-order valence-corrected chi connectivity index (χ4v) is 5.85. The lowest BCUT2D eigenvalue weighted by atomic mass is 9.92. The van der Waals surface area contributed by atoms with E-state index in [1.165, 1.54) is 43.8 Å². The third-order valence-corrected chi connectivity index (χ3v) is 7.91. The molecule has 186 valence electrons. The number of fused-ring (bicyclic) bond motifs is 6. The van der Waals surface area contributed by atoms with Gasteiger partial charge in [0.2, 0.25) is 0 Å². The molecular weight excluding hydrogens is 484 g/mol. The van der Waals surface area contributed by atoms with Gasteiger partial charge in [-0.1, -0.05) is 121 Å². The predicted octanol–water partition coefficient (Wildman–Crippen LogP) is 10.1. The summed E-state index contributed by atoms with van der Waals surface area (Å²) in [6, 6.07) is 49.7. The fourth-order valence-electron chi connectivity index (χ4n) is 5.85. The van der Waals surface area contributed by atoms with Crippen molar-refractivity contribution in [3.63, 3.8) is 0 Å². The van der Waals surface area contributed by atoms with E-state index in [4.69, 9.17) is 4.98 Å². The summed E-state index contributed by atoms with van der Waals surface area (Å²) in [4.78, 5) is 9.60. The largest absolute Gasteiger partial charge is 0.254 e. The van der Waals surface area contributed by atoms with Crippen molar-refractivity contribution in [1.82, 2.24) is 9.97 Å². The molecule has 0 fully saturated rings. The van der Waals surface area contributed by atoms with Crippen LogP contribution in [-0.4, -0.2) is 9.97 Å². The summed E-state index contributed by atoms with van der Waals surface area (Å²) in [6.07, 6.45) is 1.83. The second-order valence-electron chi connectivity index (χ2n) is 10.3. The van der Waals surface area contributed by atoms with Crippen molar-refractivity contribution in [2.45, 2.75) is 0 Å². The highest BCUT2D eigenvalue weighted by Gasteiger charge is 2.10. The third kappa shape index (κ3) is 3.73. The van der Waals surface area contributed by atoms with E-state index >= 15 is 0 Å². The molecule has 2 aromatic heterocycles. The third-order valence-electron chi connectivity index (χ3n) is 7.91. The van der Waals surface area contributed by atoms with E-state index < -0.39 is 0 Å². The number of aromatic nitrogens is 2.